The summed E-state index contributed by atoms with van der Waals surface area (Å²) in [5.74, 6) is -0.830. The molecule has 3 aromatic carbocycles. The molecule has 0 aliphatic carbocycles. The van der Waals surface area contributed by atoms with E-state index in [-0.39, 0.29) is 23.8 Å². The molecule has 0 radical (unpaired) electrons. The van der Waals surface area contributed by atoms with Gasteiger partial charge in [0.15, 0.2) is 0 Å². The third-order valence-corrected chi connectivity index (χ3v) is 7.89. The highest BCUT2D eigenvalue weighted by Gasteiger charge is 2.30. The predicted molar refractivity (Wildman–Crippen MR) is 133 cm³/mol. The maximum atomic E-state index is 13.8. The molecule has 0 unspecified atom stereocenters. The molecular weight excluding hydrogens is 475 g/mol. The number of hydrogen-bond acceptors (Lipinski definition) is 3. The van der Waals surface area contributed by atoms with Crippen LogP contribution in [0.25, 0.3) is 0 Å². The van der Waals surface area contributed by atoms with Crippen molar-refractivity contribution in [1.29, 1.82) is 0 Å². The summed E-state index contributed by atoms with van der Waals surface area (Å²) in [5, 5.41) is 3.35. The topological polar surface area (TPSA) is 66.5 Å². The second-order valence-electron chi connectivity index (χ2n) is 8.47. The van der Waals surface area contributed by atoms with Gasteiger partial charge in [0.1, 0.15) is 5.82 Å². The first-order valence-electron chi connectivity index (χ1n) is 10.8. The van der Waals surface area contributed by atoms with Crippen LogP contribution in [0.2, 0.25) is 5.02 Å². The number of amides is 1. The number of carbonyl (C=O) groups excluding carboxylic acids is 1. The van der Waals surface area contributed by atoms with Crippen LogP contribution in [0.1, 0.15) is 40.8 Å². The Balaban J connectivity index is 1.91. The molecule has 34 heavy (non-hydrogen) atoms. The molecule has 1 atom stereocenters. The van der Waals surface area contributed by atoms with Crippen LogP contribution in [0.5, 0.6) is 0 Å². The smallest absolute Gasteiger partial charge is 0.244 e. The lowest BCUT2D eigenvalue weighted by atomic mass is 10.1. The Kier molecular flexibility index (Phi) is 8.13. The highest BCUT2D eigenvalue weighted by molar-refractivity contribution is 7.89. The fraction of sp³-hybridized carbons (Fsp3) is 0.269. The second kappa shape index (κ2) is 10.7. The summed E-state index contributed by atoms with van der Waals surface area (Å²) in [4.78, 5) is 13.1. The standard InChI is InChI=1S/C26H28ClFN2O3S/c1-17-13-18(2)26(19(3)14-17)34(32,33)30(15-21-5-9-23(27)10-6-21)16-25(31)29-20(4)22-7-11-24(28)12-8-22/h5-14,20H,15-16H2,1-4H3,(H,29,31)/t20-/m1/s1. The van der Waals surface area contributed by atoms with E-state index in [1.807, 2.05) is 19.1 Å². The molecule has 0 aromatic heterocycles. The van der Waals surface area contributed by atoms with Crippen LogP contribution in [-0.2, 0) is 21.4 Å². The first-order valence-corrected chi connectivity index (χ1v) is 12.7. The van der Waals surface area contributed by atoms with Gasteiger partial charge < -0.3 is 5.32 Å². The van der Waals surface area contributed by atoms with Gasteiger partial charge in [-0.15, -0.1) is 0 Å². The zero-order valence-corrected chi connectivity index (χ0v) is 21.2. The third-order valence-electron chi connectivity index (χ3n) is 5.54. The van der Waals surface area contributed by atoms with Crippen LogP contribution in [-0.4, -0.2) is 25.2 Å². The van der Waals surface area contributed by atoms with Gasteiger partial charge in [-0.05, 0) is 74.2 Å². The number of halogens is 2. The van der Waals surface area contributed by atoms with E-state index in [1.165, 1.54) is 16.4 Å². The Morgan fingerprint density at radius 2 is 1.56 bits per heavy atom. The zero-order valence-electron chi connectivity index (χ0n) is 19.6. The lowest BCUT2D eigenvalue weighted by Crippen LogP contribution is -2.41. The Morgan fingerprint density at radius 1 is 1.00 bits per heavy atom. The summed E-state index contributed by atoms with van der Waals surface area (Å²) in [6.07, 6.45) is 0. The molecule has 0 bridgehead atoms. The molecule has 0 fully saturated rings. The Bertz CT molecular complexity index is 1250. The van der Waals surface area contributed by atoms with Crippen molar-refractivity contribution in [2.75, 3.05) is 6.54 Å². The van der Waals surface area contributed by atoms with E-state index < -0.39 is 22.0 Å². The summed E-state index contributed by atoms with van der Waals surface area (Å²) in [6, 6.07) is 15.9. The molecule has 8 heteroatoms. The molecule has 3 aromatic rings. The van der Waals surface area contributed by atoms with Crippen LogP contribution in [0, 0.1) is 26.6 Å². The average molecular weight is 503 g/mol. The zero-order chi connectivity index (χ0) is 25.0. The predicted octanol–water partition coefficient (Wildman–Crippen LogP) is 5.47. The molecule has 3 rings (SSSR count). The lowest BCUT2D eigenvalue weighted by Gasteiger charge is -2.25. The molecule has 5 nitrogen and oxygen atoms in total. The Morgan fingerprint density at radius 3 is 2.12 bits per heavy atom. The Hall–Kier alpha value is -2.74. The number of carbonyl (C=O) groups is 1. The third kappa shape index (κ3) is 6.23. The Labute approximate surface area is 205 Å². The van der Waals surface area contributed by atoms with Crippen LogP contribution in [0.3, 0.4) is 0 Å². The molecular formula is C26H28ClFN2O3S. The van der Waals surface area contributed by atoms with Gasteiger partial charge in [-0.25, -0.2) is 12.8 Å². The van der Waals surface area contributed by atoms with Gasteiger partial charge in [-0.2, -0.15) is 4.31 Å². The maximum absolute atomic E-state index is 13.8. The van der Waals surface area contributed by atoms with E-state index in [0.717, 1.165) is 5.56 Å². The van der Waals surface area contributed by atoms with Crippen molar-refractivity contribution >= 4 is 27.5 Å². The second-order valence-corrected chi connectivity index (χ2v) is 10.8. The van der Waals surface area contributed by atoms with E-state index in [0.29, 0.717) is 27.3 Å². The molecule has 0 aliphatic heterocycles. The molecule has 1 N–H and O–H groups in total. The number of rotatable bonds is 8. The minimum atomic E-state index is -4.00. The van der Waals surface area contributed by atoms with E-state index in [1.54, 1.807) is 57.2 Å². The fourth-order valence-electron chi connectivity index (χ4n) is 4.00. The van der Waals surface area contributed by atoms with Gasteiger partial charge in [0, 0.05) is 11.6 Å². The number of aryl methyl sites for hydroxylation is 3. The molecule has 1 amide bonds. The SMILES string of the molecule is Cc1cc(C)c(S(=O)(=O)N(CC(=O)N[C@H](C)c2ccc(F)cc2)Cc2ccc(Cl)cc2)c(C)c1. The van der Waals surface area contributed by atoms with Gasteiger partial charge in [0.05, 0.1) is 17.5 Å². The van der Waals surface area contributed by atoms with Crippen molar-refractivity contribution in [1.82, 2.24) is 9.62 Å². The minimum Gasteiger partial charge on any atom is -0.348 e. The average Bonchev–Trinajstić information content (AvgIpc) is 2.74. The summed E-state index contributed by atoms with van der Waals surface area (Å²) < 4.78 is 41.9. The van der Waals surface area contributed by atoms with Crippen LogP contribution < -0.4 is 5.32 Å². The van der Waals surface area contributed by atoms with E-state index in [9.17, 15) is 17.6 Å². The number of hydrogen-bond donors (Lipinski definition) is 1. The van der Waals surface area contributed by atoms with Crippen molar-refractivity contribution in [2.45, 2.75) is 45.2 Å². The van der Waals surface area contributed by atoms with E-state index in [4.69, 9.17) is 11.6 Å². The summed E-state index contributed by atoms with van der Waals surface area (Å²) >= 11 is 5.98. The molecule has 0 aliphatic rings. The fourth-order valence-corrected chi connectivity index (χ4v) is 5.93. The number of nitrogens with one attached hydrogen (secondary N) is 1. The summed E-state index contributed by atoms with van der Waals surface area (Å²) in [6.45, 7) is 6.81. The van der Waals surface area contributed by atoms with Gasteiger partial charge in [0.2, 0.25) is 15.9 Å². The first-order chi connectivity index (χ1) is 16.0. The van der Waals surface area contributed by atoms with Crippen molar-refractivity contribution in [3.05, 3.63) is 99.3 Å². The van der Waals surface area contributed by atoms with Crippen molar-refractivity contribution in [3.8, 4) is 0 Å². The van der Waals surface area contributed by atoms with Crippen LogP contribution in [0.15, 0.2) is 65.6 Å². The molecule has 0 saturated heterocycles. The van der Waals surface area contributed by atoms with Gasteiger partial charge in [-0.3, -0.25) is 4.79 Å². The van der Waals surface area contributed by atoms with Gasteiger partial charge >= 0.3 is 0 Å². The normalized spacial score (nSPS) is 12.6. The number of nitrogens with zero attached hydrogens (tertiary/aromatic N) is 1. The number of sulfonamides is 1. The van der Waals surface area contributed by atoms with Crippen molar-refractivity contribution in [3.63, 3.8) is 0 Å². The van der Waals surface area contributed by atoms with Gasteiger partial charge in [-0.1, -0.05) is 53.6 Å². The molecule has 180 valence electrons. The molecule has 0 spiro atoms. The lowest BCUT2D eigenvalue weighted by molar-refractivity contribution is -0.122. The highest BCUT2D eigenvalue weighted by atomic mass is 35.5. The number of benzene rings is 3. The highest BCUT2D eigenvalue weighted by Crippen LogP contribution is 2.27. The van der Waals surface area contributed by atoms with E-state index >= 15 is 0 Å². The monoisotopic (exact) mass is 502 g/mol. The first kappa shape index (κ1) is 25.9. The van der Waals surface area contributed by atoms with Crippen LogP contribution in [0.4, 0.5) is 4.39 Å². The van der Waals surface area contributed by atoms with Crippen molar-refractivity contribution in [2.24, 2.45) is 0 Å². The van der Waals surface area contributed by atoms with Crippen molar-refractivity contribution < 1.29 is 17.6 Å². The van der Waals surface area contributed by atoms with Crippen LogP contribution >= 0.6 is 11.6 Å². The molecule has 0 heterocycles. The maximum Gasteiger partial charge on any atom is 0.244 e. The van der Waals surface area contributed by atoms with E-state index in [2.05, 4.69) is 5.32 Å². The quantitative estimate of drug-likeness (QED) is 0.444. The van der Waals surface area contributed by atoms with Gasteiger partial charge in [0.25, 0.3) is 0 Å². The minimum absolute atomic E-state index is 0.00457. The summed E-state index contributed by atoms with van der Waals surface area (Å²) in [5.41, 5.74) is 3.63. The largest absolute Gasteiger partial charge is 0.348 e. The summed E-state index contributed by atoms with van der Waals surface area (Å²) in [7, 11) is -4.00. The molecule has 0 saturated carbocycles.